The van der Waals surface area contributed by atoms with Crippen molar-refractivity contribution in [2.45, 2.75) is 19.8 Å². The van der Waals surface area contributed by atoms with Gasteiger partial charge >= 0.3 is 5.97 Å². The summed E-state index contributed by atoms with van der Waals surface area (Å²) in [7, 11) is 3.93. The van der Waals surface area contributed by atoms with E-state index in [-0.39, 0.29) is 30.3 Å². The van der Waals surface area contributed by atoms with Gasteiger partial charge in [0.15, 0.2) is 0 Å². The minimum atomic E-state index is -1.03. The third-order valence-electron chi connectivity index (χ3n) is 6.16. The largest absolute Gasteiger partial charge is 0.478 e. The highest BCUT2D eigenvalue weighted by atomic mass is 16.4. The van der Waals surface area contributed by atoms with Gasteiger partial charge in [-0.25, -0.2) is 4.79 Å². The van der Waals surface area contributed by atoms with E-state index >= 15 is 0 Å². The van der Waals surface area contributed by atoms with Gasteiger partial charge in [0.25, 0.3) is 0 Å². The van der Waals surface area contributed by atoms with E-state index in [0.29, 0.717) is 18.9 Å². The molecule has 0 spiro atoms. The van der Waals surface area contributed by atoms with Crippen LogP contribution in [0.15, 0.2) is 72.8 Å². The molecule has 2 amide bonds. The number of aryl methyl sites for hydroxylation is 1. The molecule has 0 unspecified atom stereocenters. The maximum atomic E-state index is 13.2. The Balaban J connectivity index is 1.55. The number of carbonyl (C=O) groups is 3. The third kappa shape index (κ3) is 9.79. The first-order valence-electron chi connectivity index (χ1n) is 12.9. The van der Waals surface area contributed by atoms with E-state index in [0.717, 1.165) is 29.9 Å². The van der Waals surface area contributed by atoms with Gasteiger partial charge in [-0.1, -0.05) is 30.3 Å². The van der Waals surface area contributed by atoms with Crippen LogP contribution in [0, 0.1) is 6.92 Å². The van der Waals surface area contributed by atoms with Crippen LogP contribution in [0.3, 0.4) is 0 Å². The minimum Gasteiger partial charge on any atom is -0.478 e. The Kier molecular flexibility index (Phi) is 10.9. The zero-order chi connectivity index (χ0) is 28.2. The van der Waals surface area contributed by atoms with Gasteiger partial charge in [0.05, 0.1) is 25.2 Å². The summed E-state index contributed by atoms with van der Waals surface area (Å²) in [4.78, 5) is 40.5. The van der Waals surface area contributed by atoms with Crippen LogP contribution >= 0.6 is 0 Å². The van der Waals surface area contributed by atoms with E-state index in [1.165, 1.54) is 29.8 Å². The van der Waals surface area contributed by atoms with Gasteiger partial charge in [-0.2, -0.15) is 0 Å². The maximum Gasteiger partial charge on any atom is 0.335 e. The lowest BCUT2D eigenvalue weighted by atomic mass is 10.1. The van der Waals surface area contributed by atoms with Crippen molar-refractivity contribution in [2.75, 3.05) is 56.3 Å². The predicted octanol–water partition coefficient (Wildman–Crippen LogP) is 4.14. The molecule has 206 valence electrons. The first kappa shape index (κ1) is 29.2. The first-order chi connectivity index (χ1) is 18.7. The topological polar surface area (TPSA) is 114 Å². The van der Waals surface area contributed by atoms with Crippen LogP contribution in [0.2, 0.25) is 0 Å². The van der Waals surface area contributed by atoms with E-state index in [1.54, 1.807) is 4.90 Å². The average Bonchev–Trinajstić information content (AvgIpc) is 2.90. The lowest BCUT2D eigenvalue weighted by molar-refractivity contribution is -0.134. The molecule has 0 heterocycles. The lowest BCUT2D eigenvalue weighted by Gasteiger charge is -2.23. The number of carboxylic acids is 1. The summed E-state index contributed by atoms with van der Waals surface area (Å²) in [5.74, 6) is -1.50. The van der Waals surface area contributed by atoms with E-state index < -0.39 is 5.97 Å². The molecule has 3 rings (SSSR count). The van der Waals surface area contributed by atoms with Crippen LogP contribution in [0.4, 0.5) is 17.1 Å². The van der Waals surface area contributed by atoms with Gasteiger partial charge in [0.1, 0.15) is 0 Å². The van der Waals surface area contributed by atoms with Crippen LogP contribution < -0.4 is 16.0 Å². The monoisotopic (exact) mass is 531 g/mol. The fourth-order valence-corrected chi connectivity index (χ4v) is 3.98. The number of anilines is 3. The molecule has 0 saturated carbocycles. The Labute approximate surface area is 229 Å². The number of amides is 2. The standard InChI is InChI=1S/C30H37N5O4/c1-22-7-4-5-8-27(22)32-21-31-25-13-9-23(10-14-25)19-29(37)35(18-6-17-34(2)3)20-28(36)33-26-15-11-24(12-16-26)30(38)39/h4-5,7-16,31-32H,6,17-21H2,1-3H3,(H,33,36)(H,38,39). The number of nitrogens with zero attached hydrogens (tertiary/aromatic N) is 2. The SMILES string of the molecule is Cc1ccccc1NCNc1ccc(CC(=O)N(CCCN(C)C)CC(=O)Nc2ccc(C(=O)O)cc2)cc1. The molecular weight excluding hydrogens is 494 g/mol. The molecule has 0 saturated heterocycles. The molecule has 9 heteroatoms. The Morgan fingerprint density at radius 3 is 2.13 bits per heavy atom. The van der Waals surface area contributed by atoms with E-state index in [4.69, 9.17) is 5.11 Å². The van der Waals surface area contributed by atoms with Gasteiger partial charge in [0, 0.05) is 23.6 Å². The molecule has 39 heavy (non-hydrogen) atoms. The van der Waals surface area contributed by atoms with Gasteiger partial charge < -0.3 is 30.9 Å². The molecular formula is C30H37N5O4. The highest BCUT2D eigenvalue weighted by Crippen LogP contribution is 2.15. The Hall–Kier alpha value is -4.37. The van der Waals surface area contributed by atoms with E-state index in [9.17, 15) is 14.4 Å². The van der Waals surface area contributed by atoms with Crippen LogP contribution in [0.1, 0.15) is 27.9 Å². The summed E-state index contributed by atoms with van der Waals surface area (Å²) >= 11 is 0. The van der Waals surface area contributed by atoms with Crippen LogP contribution in [0.25, 0.3) is 0 Å². The van der Waals surface area contributed by atoms with Crippen LogP contribution in [-0.2, 0) is 16.0 Å². The summed E-state index contributed by atoms with van der Waals surface area (Å²) in [6.07, 6.45) is 0.917. The van der Waals surface area contributed by atoms with Crippen molar-refractivity contribution in [1.29, 1.82) is 0 Å². The van der Waals surface area contributed by atoms with Gasteiger partial charge in [-0.15, -0.1) is 0 Å². The maximum absolute atomic E-state index is 13.2. The number of benzene rings is 3. The number of rotatable bonds is 14. The number of hydrogen-bond acceptors (Lipinski definition) is 6. The number of hydrogen-bond donors (Lipinski definition) is 4. The molecule has 3 aromatic carbocycles. The summed E-state index contributed by atoms with van der Waals surface area (Å²) in [6, 6.07) is 21.7. The molecule has 0 bridgehead atoms. The highest BCUT2D eigenvalue weighted by Gasteiger charge is 2.18. The number of para-hydroxylation sites is 1. The molecule has 0 aliphatic heterocycles. The van der Waals surface area contributed by atoms with Crippen LogP contribution in [0.5, 0.6) is 0 Å². The van der Waals surface area contributed by atoms with E-state index in [2.05, 4.69) is 28.9 Å². The quantitative estimate of drug-likeness (QED) is 0.231. The second-order valence-electron chi connectivity index (χ2n) is 9.62. The highest BCUT2D eigenvalue weighted by molar-refractivity contribution is 5.95. The Bertz CT molecular complexity index is 1240. The van der Waals surface area contributed by atoms with Gasteiger partial charge in [-0.05, 0) is 87.6 Å². The van der Waals surface area contributed by atoms with E-state index in [1.807, 2.05) is 61.5 Å². The van der Waals surface area contributed by atoms with Crippen molar-refractivity contribution >= 4 is 34.8 Å². The minimum absolute atomic E-state index is 0.0862. The summed E-state index contributed by atoms with van der Waals surface area (Å²) in [5.41, 5.74) is 4.65. The predicted molar refractivity (Wildman–Crippen MR) is 155 cm³/mol. The molecule has 0 aliphatic carbocycles. The van der Waals surface area contributed by atoms with Crippen molar-refractivity contribution in [1.82, 2.24) is 9.80 Å². The second kappa shape index (κ2) is 14.5. The molecule has 4 N–H and O–H groups in total. The van der Waals surface area contributed by atoms with Crippen molar-refractivity contribution < 1.29 is 19.5 Å². The van der Waals surface area contributed by atoms with Gasteiger partial charge in [-0.3, -0.25) is 9.59 Å². The zero-order valence-corrected chi connectivity index (χ0v) is 22.7. The number of aromatic carboxylic acids is 1. The smallest absolute Gasteiger partial charge is 0.335 e. The number of carbonyl (C=O) groups excluding carboxylic acids is 2. The molecule has 0 aliphatic rings. The Morgan fingerprint density at radius 1 is 0.821 bits per heavy atom. The van der Waals surface area contributed by atoms with Crippen molar-refractivity contribution in [3.05, 3.63) is 89.5 Å². The first-order valence-corrected chi connectivity index (χ1v) is 12.9. The normalized spacial score (nSPS) is 10.7. The third-order valence-corrected chi connectivity index (χ3v) is 6.16. The molecule has 9 nitrogen and oxygen atoms in total. The lowest BCUT2D eigenvalue weighted by Crippen LogP contribution is -2.40. The van der Waals surface area contributed by atoms with Crippen molar-refractivity contribution in [3.63, 3.8) is 0 Å². The number of nitrogens with one attached hydrogen (secondary N) is 3. The molecule has 0 radical (unpaired) electrons. The van der Waals surface area contributed by atoms with Crippen molar-refractivity contribution in [2.24, 2.45) is 0 Å². The molecule has 0 aromatic heterocycles. The molecule has 0 fully saturated rings. The zero-order valence-electron chi connectivity index (χ0n) is 22.7. The number of carboxylic acid groups (broad SMARTS) is 1. The molecule has 0 atom stereocenters. The fourth-order valence-electron chi connectivity index (χ4n) is 3.98. The molecule has 3 aromatic rings. The fraction of sp³-hybridized carbons (Fsp3) is 0.300. The van der Waals surface area contributed by atoms with Crippen molar-refractivity contribution in [3.8, 4) is 0 Å². The summed E-state index contributed by atoms with van der Waals surface area (Å²) in [6.45, 7) is 3.78. The average molecular weight is 532 g/mol. The summed E-state index contributed by atoms with van der Waals surface area (Å²) in [5, 5.41) is 18.5. The van der Waals surface area contributed by atoms with Gasteiger partial charge in [0.2, 0.25) is 11.8 Å². The Morgan fingerprint density at radius 2 is 1.49 bits per heavy atom. The summed E-state index contributed by atoms with van der Waals surface area (Å²) < 4.78 is 0. The second-order valence-corrected chi connectivity index (χ2v) is 9.62. The van der Waals surface area contributed by atoms with Crippen LogP contribution in [-0.4, -0.2) is 73.1 Å².